The zero-order chi connectivity index (χ0) is 17.9. The Morgan fingerprint density at radius 1 is 1.21 bits per heavy atom. The smallest absolute Gasteiger partial charge is 0.311 e. The zero-order valence-electron chi connectivity index (χ0n) is 11.6. The summed E-state index contributed by atoms with van der Waals surface area (Å²) in [6, 6.07) is 7.01. The van der Waals surface area contributed by atoms with Crippen LogP contribution in [0.2, 0.25) is 5.02 Å². The van der Waals surface area contributed by atoms with E-state index in [0.29, 0.717) is 0 Å². The number of carbonyl (C=O) groups is 1. The lowest BCUT2D eigenvalue weighted by atomic mass is 10.1. The molecule has 0 radical (unpaired) electrons. The molecule has 0 bridgehead atoms. The van der Waals surface area contributed by atoms with Crippen LogP contribution in [0.3, 0.4) is 0 Å². The van der Waals surface area contributed by atoms with Gasteiger partial charge in [-0.2, -0.15) is 0 Å². The molecule has 0 aliphatic rings. The lowest BCUT2D eigenvalue weighted by Gasteiger charge is -2.09. The van der Waals surface area contributed by atoms with Crippen molar-refractivity contribution in [3.63, 3.8) is 0 Å². The van der Waals surface area contributed by atoms with Gasteiger partial charge in [0.15, 0.2) is 0 Å². The molecule has 0 spiro atoms. The Morgan fingerprint density at radius 3 is 2.50 bits per heavy atom. The number of aromatic hydroxyl groups is 1. The lowest BCUT2D eigenvalue weighted by Crippen LogP contribution is -2.13. The summed E-state index contributed by atoms with van der Waals surface area (Å²) in [4.78, 5) is 36.5. The predicted molar refractivity (Wildman–Crippen MR) is 81.8 cm³/mol. The number of carbonyl (C=O) groups excluding carboxylic acids is 1. The Morgan fingerprint density at radius 2 is 1.92 bits per heavy atom. The van der Waals surface area contributed by atoms with Gasteiger partial charge >= 0.3 is 5.69 Å². The van der Waals surface area contributed by atoms with Gasteiger partial charge in [-0.3, -0.25) is 19.7 Å². The monoisotopic (exact) mass is 353 g/mol. The molecular formula is C13H8ClN3O7. The number of para-hydroxylation sites is 1. The van der Waals surface area contributed by atoms with Crippen LogP contribution in [0, 0.1) is 20.2 Å². The molecule has 0 saturated carbocycles. The van der Waals surface area contributed by atoms with E-state index in [1.54, 1.807) is 0 Å². The molecule has 0 unspecified atom stereocenters. The fourth-order valence-corrected chi connectivity index (χ4v) is 2.01. The number of halogens is 1. The van der Waals surface area contributed by atoms with E-state index in [1.807, 2.05) is 0 Å². The van der Waals surface area contributed by atoms with Gasteiger partial charge in [0.05, 0.1) is 21.2 Å². The number of anilines is 1. The highest BCUT2D eigenvalue weighted by molar-refractivity contribution is 6.34. The maximum Gasteiger partial charge on any atom is 0.311 e. The first-order valence-electron chi connectivity index (χ1n) is 6.19. The second kappa shape index (κ2) is 6.79. The highest BCUT2D eigenvalue weighted by Crippen LogP contribution is 2.31. The number of phenols is 1. The van der Waals surface area contributed by atoms with Gasteiger partial charge < -0.3 is 10.4 Å². The summed E-state index contributed by atoms with van der Waals surface area (Å²) in [5.74, 6) is -1.79. The Labute approximate surface area is 138 Å². The van der Waals surface area contributed by atoms with E-state index in [9.17, 15) is 30.1 Å². The molecule has 0 saturated heterocycles. The molecule has 10 nitrogen and oxygen atoms in total. The van der Waals surface area contributed by atoms with E-state index in [-0.39, 0.29) is 22.0 Å². The van der Waals surface area contributed by atoms with E-state index in [4.69, 9.17) is 11.6 Å². The Balaban J connectivity index is 2.26. The van der Waals surface area contributed by atoms with Gasteiger partial charge in [-0.25, -0.2) is 0 Å². The molecular weight excluding hydrogens is 346 g/mol. The number of amides is 1. The van der Waals surface area contributed by atoms with E-state index in [1.165, 1.54) is 24.3 Å². The number of nitrogens with one attached hydrogen (secondary N) is 1. The van der Waals surface area contributed by atoms with Crippen molar-refractivity contribution in [1.82, 2.24) is 0 Å². The largest absolute Gasteiger partial charge is 0.502 e. The van der Waals surface area contributed by atoms with Crippen LogP contribution in [0.25, 0.3) is 0 Å². The van der Waals surface area contributed by atoms with Gasteiger partial charge in [-0.15, -0.1) is 10.1 Å². The molecule has 24 heavy (non-hydrogen) atoms. The summed E-state index contributed by atoms with van der Waals surface area (Å²) in [5, 5.41) is 32.0. The first kappa shape index (κ1) is 17.0. The maximum absolute atomic E-state index is 12.1. The summed E-state index contributed by atoms with van der Waals surface area (Å²) < 4.78 is 0. The van der Waals surface area contributed by atoms with E-state index >= 15 is 0 Å². The maximum atomic E-state index is 12.1. The number of benzene rings is 2. The third kappa shape index (κ3) is 3.67. The number of nitro groups is 1. The second-order valence-corrected chi connectivity index (χ2v) is 4.75. The van der Waals surface area contributed by atoms with Crippen molar-refractivity contribution < 1.29 is 24.7 Å². The molecule has 0 atom stereocenters. The van der Waals surface area contributed by atoms with Gasteiger partial charge in [0.2, 0.25) is 5.75 Å². The summed E-state index contributed by atoms with van der Waals surface area (Å²) in [6.07, 6.45) is 0. The summed E-state index contributed by atoms with van der Waals surface area (Å²) in [6.45, 7) is 0. The summed E-state index contributed by atoms with van der Waals surface area (Å²) in [5.41, 5.74) is -0.877. The zero-order valence-corrected chi connectivity index (χ0v) is 12.4. The van der Waals surface area contributed by atoms with Crippen molar-refractivity contribution in [3.8, 4) is 11.5 Å². The van der Waals surface area contributed by atoms with E-state index in [0.717, 1.165) is 12.1 Å². The van der Waals surface area contributed by atoms with Crippen molar-refractivity contribution >= 4 is 28.9 Å². The SMILES string of the molecule is O=C(Nc1ccc(O[N+](=O)[O-])cc1Cl)c1cccc([N+](=O)[O-])c1O. The molecule has 0 aliphatic carbocycles. The fourth-order valence-electron chi connectivity index (χ4n) is 1.79. The Bertz CT molecular complexity index is 840. The van der Waals surface area contributed by atoms with Crippen molar-refractivity contribution in [1.29, 1.82) is 0 Å². The molecule has 0 aliphatic heterocycles. The van der Waals surface area contributed by atoms with Crippen LogP contribution in [0.15, 0.2) is 36.4 Å². The molecule has 1 amide bonds. The summed E-state index contributed by atoms with van der Waals surface area (Å²) >= 11 is 5.88. The molecule has 2 N–H and O–H groups in total. The predicted octanol–water partition coefficient (Wildman–Crippen LogP) is 2.78. The molecule has 0 aromatic heterocycles. The minimum atomic E-state index is -1.02. The average Bonchev–Trinajstić information content (AvgIpc) is 2.49. The molecule has 2 aromatic rings. The van der Waals surface area contributed by atoms with Gasteiger partial charge in [0.25, 0.3) is 11.0 Å². The highest BCUT2D eigenvalue weighted by atomic mass is 35.5. The standard InChI is InChI=1S/C13H8ClN3O7/c14-9-6-7(24-17(22)23)4-5-10(9)15-13(19)8-2-1-3-11(12(8)18)16(20)21/h1-6,18H,(H,15,19). The topological polar surface area (TPSA) is 145 Å². The Hall–Kier alpha value is -3.40. The number of hydrogen-bond donors (Lipinski definition) is 2. The number of hydrogen-bond acceptors (Lipinski definition) is 7. The van der Waals surface area contributed by atoms with Gasteiger partial charge in [-0.05, 0) is 24.3 Å². The molecule has 2 aromatic carbocycles. The Kier molecular flexibility index (Phi) is 4.80. The molecule has 0 fully saturated rings. The third-order valence-corrected chi connectivity index (χ3v) is 3.14. The van der Waals surface area contributed by atoms with Crippen LogP contribution in [0.5, 0.6) is 11.5 Å². The minimum Gasteiger partial charge on any atom is -0.502 e. The van der Waals surface area contributed by atoms with E-state index in [2.05, 4.69) is 10.2 Å². The van der Waals surface area contributed by atoms with Gasteiger partial charge in [-0.1, -0.05) is 17.7 Å². The molecule has 2 rings (SSSR count). The van der Waals surface area contributed by atoms with E-state index < -0.39 is 27.4 Å². The lowest BCUT2D eigenvalue weighted by molar-refractivity contribution is -0.711. The van der Waals surface area contributed by atoms with Crippen LogP contribution in [0.4, 0.5) is 11.4 Å². The normalized spacial score (nSPS) is 10.0. The highest BCUT2D eigenvalue weighted by Gasteiger charge is 2.21. The first-order chi connectivity index (χ1) is 11.3. The van der Waals surface area contributed by atoms with Crippen LogP contribution in [-0.4, -0.2) is 21.0 Å². The van der Waals surface area contributed by atoms with Crippen molar-refractivity contribution in [2.45, 2.75) is 0 Å². The minimum absolute atomic E-state index is 0.0624. The third-order valence-electron chi connectivity index (χ3n) is 2.82. The van der Waals surface area contributed by atoms with Gasteiger partial charge in [0.1, 0.15) is 5.75 Å². The van der Waals surface area contributed by atoms with Crippen molar-refractivity contribution in [2.75, 3.05) is 5.32 Å². The number of rotatable bonds is 5. The van der Waals surface area contributed by atoms with Crippen molar-refractivity contribution in [2.24, 2.45) is 0 Å². The van der Waals surface area contributed by atoms with Crippen LogP contribution in [0.1, 0.15) is 10.4 Å². The number of nitro benzene ring substituents is 1. The number of phenolic OH excluding ortho intramolecular Hbond substituents is 1. The number of nitrogens with zero attached hydrogens (tertiary/aromatic N) is 2. The van der Waals surface area contributed by atoms with Crippen molar-refractivity contribution in [3.05, 3.63) is 67.2 Å². The summed E-state index contributed by atoms with van der Waals surface area (Å²) in [7, 11) is 0. The van der Waals surface area contributed by atoms with Crippen LogP contribution in [-0.2, 0) is 0 Å². The first-order valence-corrected chi connectivity index (χ1v) is 6.57. The molecule has 0 heterocycles. The quantitative estimate of drug-likeness (QED) is 0.620. The van der Waals surface area contributed by atoms with Crippen LogP contribution < -0.4 is 10.2 Å². The molecule has 124 valence electrons. The van der Waals surface area contributed by atoms with Crippen LogP contribution >= 0.6 is 11.6 Å². The van der Waals surface area contributed by atoms with Gasteiger partial charge in [0, 0.05) is 6.07 Å². The average molecular weight is 354 g/mol. The molecule has 11 heteroatoms. The second-order valence-electron chi connectivity index (χ2n) is 4.34. The fraction of sp³-hybridized carbons (Fsp3) is 0.